The molecule has 7 nitrogen and oxygen atoms in total. The summed E-state index contributed by atoms with van der Waals surface area (Å²) in [6, 6.07) is 0. The van der Waals surface area contributed by atoms with Crippen molar-refractivity contribution < 1.29 is 14.6 Å². The van der Waals surface area contributed by atoms with Crippen molar-refractivity contribution in [3.05, 3.63) is 34.6 Å². The van der Waals surface area contributed by atoms with Gasteiger partial charge in [-0.1, -0.05) is 5.21 Å². The lowest BCUT2D eigenvalue weighted by atomic mass is 9.86. The zero-order chi connectivity index (χ0) is 18.9. The third-order valence-corrected chi connectivity index (χ3v) is 5.32. The summed E-state index contributed by atoms with van der Waals surface area (Å²) in [5.41, 5.74) is 2.65. The summed E-state index contributed by atoms with van der Waals surface area (Å²) in [7, 11) is 0. The number of hydrogen-bond acceptors (Lipinski definition) is 5. The number of fused-ring (bicyclic) bond motifs is 1. The summed E-state index contributed by atoms with van der Waals surface area (Å²) >= 11 is 0. The van der Waals surface area contributed by atoms with E-state index in [9.17, 15) is 9.90 Å². The van der Waals surface area contributed by atoms with Crippen LogP contribution in [0, 0.1) is 20.8 Å². The van der Waals surface area contributed by atoms with E-state index in [4.69, 9.17) is 4.74 Å². The van der Waals surface area contributed by atoms with Crippen molar-refractivity contribution in [2.75, 3.05) is 6.54 Å². The maximum Gasteiger partial charge on any atom is 0.263 e. The fourth-order valence-corrected chi connectivity index (χ4v) is 3.39. The lowest BCUT2D eigenvalue weighted by Gasteiger charge is -2.36. The standard InChI is InChI=1S/C19H26N4O3/c1-12-13(2)17-15(14(3)16(12)24)6-7-19(4,26-17)18(25)20-8-5-10-23-11-9-21-22-23/h9,11,24H,5-8,10H2,1-4H3,(H,20,25). The van der Waals surface area contributed by atoms with E-state index in [-0.39, 0.29) is 5.91 Å². The fourth-order valence-electron chi connectivity index (χ4n) is 3.39. The molecule has 3 rings (SSSR count). The average Bonchev–Trinajstić information content (AvgIpc) is 3.15. The van der Waals surface area contributed by atoms with E-state index >= 15 is 0 Å². The topological polar surface area (TPSA) is 89.3 Å². The fraction of sp³-hybridized carbons (Fsp3) is 0.526. The summed E-state index contributed by atoms with van der Waals surface area (Å²) in [5.74, 6) is 0.958. The molecule has 2 N–H and O–H groups in total. The Balaban J connectivity index is 1.67. The van der Waals surface area contributed by atoms with Gasteiger partial charge in [0, 0.05) is 31.3 Å². The Morgan fingerprint density at radius 3 is 2.81 bits per heavy atom. The zero-order valence-electron chi connectivity index (χ0n) is 15.8. The Labute approximate surface area is 153 Å². The number of benzene rings is 1. The maximum absolute atomic E-state index is 12.7. The van der Waals surface area contributed by atoms with Crippen molar-refractivity contribution in [3.8, 4) is 11.5 Å². The number of carbonyl (C=O) groups excluding carboxylic acids is 1. The van der Waals surface area contributed by atoms with Gasteiger partial charge in [-0.05, 0) is 57.2 Å². The van der Waals surface area contributed by atoms with Crippen LogP contribution < -0.4 is 10.1 Å². The summed E-state index contributed by atoms with van der Waals surface area (Å²) in [6.07, 6.45) is 5.49. The summed E-state index contributed by atoms with van der Waals surface area (Å²) in [4.78, 5) is 12.7. The van der Waals surface area contributed by atoms with Crippen LogP contribution in [0.15, 0.2) is 12.4 Å². The molecular formula is C19H26N4O3. The van der Waals surface area contributed by atoms with E-state index in [0.717, 1.165) is 34.4 Å². The molecule has 26 heavy (non-hydrogen) atoms. The second kappa shape index (κ2) is 6.97. The monoisotopic (exact) mass is 358 g/mol. The molecule has 0 bridgehead atoms. The lowest BCUT2D eigenvalue weighted by molar-refractivity contribution is -0.136. The molecule has 0 saturated heterocycles. The van der Waals surface area contributed by atoms with Gasteiger partial charge in [-0.25, -0.2) is 0 Å². The molecule has 1 atom stereocenters. The quantitative estimate of drug-likeness (QED) is 0.800. The number of amides is 1. The van der Waals surface area contributed by atoms with Crippen LogP contribution in [0.3, 0.4) is 0 Å². The van der Waals surface area contributed by atoms with Crippen LogP contribution in [0.2, 0.25) is 0 Å². The van der Waals surface area contributed by atoms with Crippen LogP contribution in [0.25, 0.3) is 0 Å². The number of phenolic OH excluding ortho intramolecular Hbond substituents is 1. The van der Waals surface area contributed by atoms with Crippen LogP contribution in [-0.2, 0) is 17.8 Å². The Hall–Kier alpha value is -2.57. The number of aromatic hydroxyl groups is 1. The molecule has 1 aromatic carbocycles. The summed E-state index contributed by atoms with van der Waals surface area (Å²) in [5, 5.41) is 20.9. The number of phenols is 1. The predicted octanol–water partition coefficient (Wildman–Crippen LogP) is 2.20. The van der Waals surface area contributed by atoms with E-state index in [1.54, 1.807) is 17.1 Å². The second-order valence-electron chi connectivity index (χ2n) is 7.14. The lowest BCUT2D eigenvalue weighted by Crippen LogP contribution is -2.51. The molecule has 1 aromatic heterocycles. The SMILES string of the molecule is Cc1c(C)c2c(c(C)c1O)CCC(C)(C(=O)NCCCn1ccnn1)O2. The number of aromatic nitrogens is 3. The molecule has 1 aliphatic rings. The molecule has 1 amide bonds. The smallest absolute Gasteiger partial charge is 0.263 e. The largest absolute Gasteiger partial charge is 0.507 e. The van der Waals surface area contributed by atoms with Crippen molar-refractivity contribution >= 4 is 5.91 Å². The minimum atomic E-state index is -0.902. The highest BCUT2D eigenvalue weighted by atomic mass is 16.5. The molecule has 7 heteroatoms. The first-order chi connectivity index (χ1) is 12.3. The van der Waals surface area contributed by atoms with Crippen LogP contribution >= 0.6 is 0 Å². The number of hydrogen-bond donors (Lipinski definition) is 2. The van der Waals surface area contributed by atoms with Gasteiger partial charge in [0.1, 0.15) is 11.5 Å². The van der Waals surface area contributed by atoms with Crippen molar-refractivity contribution in [2.45, 2.75) is 59.1 Å². The Kier molecular flexibility index (Phi) is 4.89. The maximum atomic E-state index is 12.7. The molecule has 0 spiro atoms. The normalized spacial score (nSPS) is 18.9. The third-order valence-electron chi connectivity index (χ3n) is 5.32. The molecule has 2 heterocycles. The van der Waals surface area contributed by atoms with Crippen molar-refractivity contribution in [3.63, 3.8) is 0 Å². The number of rotatable bonds is 5. The van der Waals surface area contributed by atoms with Crippen molar-refractivity contribution in [1.29, 1.82) is 0 Å². The Morgan fingerprint density at radius 2 is 2.12 bits per heavy atom. The molecular weight excluding hydrogens is 332 g/mol. The first-order valence-corrected chi connectivity index (χ1v) is 8.96. The summed E-state index contributed by atoms with van der Waals surface area (Å²) < 4.78 is 7.92. The molecule has 0 aliphatic carbocycles. The van der Waals surface area contributed by atoms with Gasteiger partial charge in [-0.3, -0.25) is 9.48 Å². The van der Waals surface area contributed by atoms with E-state index in [0.29, 0.717) is 31.7 Å². The number of nitrogens with one attached hydrogen (secondary N) is 1. The second-order valence-corrected chi connectivity index (χ2v) is 7.14. The van der Waals surface area contributed by atoms with E-state index in [2.05, 4.69) is 15.6 Å². The third kappa shape index (κ3) is 3.25. The van der Waals surface area contributed by atoms with Crippen LogP contribution in [0.5, 0.6) is 11.5 Å². The molecule has 2 aromatic rings. The highest BCUT2D eigenvalue weighted by Crippen LogP contribution is 2.43. The first-order valence-electron chi connectivity index (χ1n) is 8.96. The highest BCUT2D eigenvalue weighted by molar-refractivity contribution is 5.85. The Bertz CT molecular complexity index is 817. The molecule has 1 aliphatic heterocycles. The van der Waals surface area contributed by atoms with Gasteiger partial charge in [0.15, 0.2) is 5.60 Å². The van der Waals surface area contributed by atoms with Gasteiger partial charge in [0.05, 0.1) is 6.20 Å². The minimum absolute atomic E-state index is 0.107. The van der Waals surface area contributed by atoms with Gasteiger partial charge < -0.3 is 15.2 Å². The van der Waals surface area contributed by atoms with E-state index < -0.39 is 5.60 Å². The van der Waals surface area contributed by atoms with Gasteiger partial charge in [-0.2, -0.15) is 0 Å². The highest BCUT2D eigenvalue weighted by Gasteiger charge is 2.40. The molecule has 0 saturated carbocycles. The molecule has 0 fully saturated rings. The van der Waals surface area contributed by atoms with Crippen molar-refractivity contribution in [1.82, 2.24) is 20.3 Å². The van der Waals surface area contributed by atoms with Crippen LogP contribution in [0.1, 0.15) is 42.0 Å². The first kappa shape index (κ1) is 18.2. The number of aryl methyl sites for hydroxylation is 1. The number of ether oxygens (including phenoxy) is 1. The van der Waals surface area contributed by atoms with Gasteiger partial charge in [0.25, 0.3) is 5.91 Å². The van der Waals surface area contributed by atoms with Crippen LogP contribution in [-0.4, -0.2) is 38.2 Å². The number of carbonyl (C=O) groups is 1. The van der Waals surface area contributed by atoms with Gasteiger partial charge >= 0.3 is 0 Å². The van der Waals surface area contributed by atoms with Gasteiger partial charge in [-0.15, -0.1) is 5.10 Å². The number of nitrogens with zero attached hydrogens (tertiary/aromatic N) is 3. The van der Waals surface area contributed by atoms with E-state index in [1.807, 2.05) is 27.7 Å². The predicted molar refractivity (Wildman–Crippen MR) is 97.3 cm³/mol. The van der Waals surface area contributed by atoms with E-state index in [1.165, 1.54) is 0 Å². The zero-order valence-corrected chi connectivity index (χ0v) is 15.8. The van der Waals surface area contributed by atoms with Gasteiger partial charge in [0.2, 0.25) is 0 Å². The molecule has 1 unspecified atom stereocenters. The molecule has 0 radical (unpaired) electrons. The minimum Gasteiger partial charge on any atom is -0.507 e. The Morgan fingerprint density at radius 1 is 1.35 bits per heavy atom. The summed E-state index contributed by atoms with van der Waals surface area (Å²) in [6.45, 7) is 8.79. The van der Waals surface area contributed by atoms with Crippen LogP contribution in [0.4, 0.5) is 0 Å². The average molecular weight is 358 g/mol. The molecule has 140 valence electrons. The van der Waals surface area contributed by atoms with Crippen molar-refractivity contribution in [2.24, 2.45) is 0 Å².